The summed E-state index contributed by atoms with van der Waals surface area (Å²) in [6.07, 6.45) is 0.307. The summed E-state index contributed by atoms with van der Waals surface area (Å²) in [5.74, 6) is -3.18. The van der Waals surface area contributed by atoms with Crippen molar-refractivity contribution in [1.82, 2.24) is 9.80 Å². The molecular weight excluding hydrogens is 574 g/mol. The number of carbonyl (C=O) groups is 2. The molecule has 4 heterocycles. The van der Waals surface area contributed by atoms with Gasteiger partial charge in [0.05, 0.1) is 11.5 Å². The molecule has 6 nitrogen and oxygen atoms in total. The van der Waals surface area contributed by atoms with E-state index in [-0.39, 0.29) is 50.0 Å². The summed E-state index contributed by atoms with van der Waals surface area (Å²) in [4.78, 5) is 32.1. The number of fused-ring (bicyclic) bond motifs is 6. The molecule has 2 unspecified atom stereocenters. The first kappa shape index (κ1) is 29.6. The van der Waals surface area contributed by atoms with Crippen LogP contribution in [-0.4, -0.2) is 77.3 Å². The predicted molar refractivity (Wildman–Crippen MR) is 157 cm³/mol. The first-order chi connectivity index (χ1) is 20.9. The zero-order valence-corrected chi connectivity index (χ0v) is 24.9. The third-order valence-electron chi connectivity index (χ3n) is 11.3. The average Bonchev–Trinajstić information content (AvgIpc) is 3.76. The Labute approximate surface area is 255 Å². The minimum atomic E-state index is -4.52. The summed E-state index contributed by atoms with van der Waals surface area (Å²) >= 11 is 0. The smallest absolute Gasteiger partial charge is 0.416 e. The molecule has 7 rings (SSSR count). The van der Waals surface area contributed by atoms with E-state index in [1.165, 1.54) is 12.1 Å². The van der Waals surface area contributed by atoms with Crippen LogP contribution in [0.1, 0.15) is 72.6 Å². The Morgan fingerprint density at radius 3 is 2.39 bits per heavy atom. The number of aliphatic carboxylic acids is 1. The van der Waals surface area contributed by atoms with E-state index in [4.69, 9.17) is 0 Å². The third kappa shape index (κ3) is 4.88. The van der Waals surface area contributed by atoms with Crippen LogP contribution < -0.4 is 4.90 Å². The van der Waals surface area contributed by atoms with Crippen molar-refractivity contribution in [3.05, 3.63) is 64.7 Å². The maximum Gasteiger partial charge on any atom is 0.416 e. The molecule has 4 fully saturated rings. The molecule has 1 aliphatic carbocycles. The normalized spacial score (nSPS) is 32.4. The number of nitrogens with zero attached hydrogens (tertiary/aromatic N) is 3. The molecular formula is C34H39F4N3O3. The first-order valence-corrected chi connectivity index (χ1v) is 15.9. The maximum absolute atomic E-state index is 17.5. The van der Waals surface area contributed by atoms with Gasteiger partial charge in [-0.2, -0.15) is 13.2 Å². The quantitative estimate of drug-likeness (QED) is 0.430. The number of hydrogen-bond acceptors (Lipinski definition) is 4. The number of carboxylic acid groups (broad SMARTS) is 1. The lowest BCUT2D eigenvalue weighted by Crippen LogP contribution is -2.53. The standard InChI is InChI=1S/C34H39F4N3O3/c1-20-6-8-21(9-7-20)28-18-40(24-4-2-3-5-24)19-33(28,35)32(44)39-16-26-25-11-10-23(34(36,37)38)15-30(25)41-13-12-22(31(42)43)14-29(41)27(26)17-39/h6-11,15,22,24,26-29H,2-5,12-14,16-19H2,1H3,(H,42,43)/t22?,26-,27+,28+,29?,33+/m1/s1. The van der Waals surface area contributed by atoms with Gasteiger partial charge in [-0.1, -0.05) is 48.7 Å². The number of amides is 1. The Bertz CT molecular complexity index is 1440. The predicted octanol–water partition coefficient (Wildman–Crippen LogP) is 5.99. The molecule has 0 bridgehead atoms. The van der Waals surface area contributed by atoms with Crippen LogP contribution >= 0.6 is 0 Å². The molecule has 1 N–H and O–H groups in total. The number of alkyl halides is 4. The summed E-state index contributed by atoms with van der Waals surface area (Å²) < 4.78 is 58.8. The van der Waals surface area contributed by atoms with Crippen LogP contribution in [0.25, 0.3) is 0 Å². The molecule has 236 valence electrons. The van der Waals surface area contributed by atoms with E-state index in [0.29, 0.717) is 25.2 Å². The Balaban J connectivity index is 1.23. The van der Waals surface area contributed by atoms with Crippen LogP contribution in [-0.2, 0) is 15.8 Å². The highest BCUT2D eigenvalue weighted by atomic mass is 19.4. The topological polar surface area (TPSA) is 64.1 Å². The number of benzene rings is 2. The van der Waals surface area contributed by atoms with Crippen molar-refractivity contribution in [3.8, 4) is 0 Å². The minimum Gasteiger partial charge on any atom is -0.481 e. The molecule has 4 aliphatic heterocycles. The number of anilines is 1. The van der Waals surface area contributed by atoms with Crippen LogP contribution in [0.4, 0.5) is 23.2 Å². The second-order valence-electron chi connectivity index (χ2n) is 13.8. The fourth-order valence-electron chi connectivity index (χ4n) is 8.97. The van der Waals surface area contributed by atoms with Gasteiger partial charge in [0.15, 0.2) is 0 Å². The average molecular weight is 614 g/mol. The van der Waals surface area contributed by atoms with Gasteiger partial charge in [0.25, 0.3) is 5.91 Å². The number of halogens is 4. The van der Waals surface area contributed by atoms with Crippen molar-refractivity contribution in [2.24, 2.45) is 11.8 Å². The van der Waals surface area contributed by atoms with E-state index in [1.54, 1.807) is 4.90 Å². The monoisotopic (exact) mass is 613 g/mol. The number of hydrogen-bond donors (Lipinski definition) is 1. The van der Waals surface area contributed by atoms with Crippen LogP contribution in [0, 0.1) is 18.8 Å². The van der Waals surface area contributed by atoms with Gasteiger partial charge in [-0.3, -0.25) is 14.5 Å². The van der Waals surface area contributed by atoms with Crippen molar-refractivity contribution in [2.45, 2.75) is 81.2 Å². The van der Waals surface area contributed by atoms with Crippen LogP contribution in [0.15, 0.2) is 42.5 Å². The molecule has 2 aromatic carbocycles. The molecule has 1 amide bonds. The van der Waals surface area contributed by atoms with Crippen molar-refractivity contribution < 1.29 is 32.3 Å². The van der Waals surface area contributed by atoms with Crippen molar-refractivity contribution in [2.75, 3.05) is 37.6 Å². The number of likely N-dealkylation sites (tertiary alicyclic amines) is 2. The Morgan fingerprint density at radius 2 is 1.70 bits per heavy atom. The lowest BCUT2D eigenvalue weighted by Gasteiger charge is -2.49. The van der Waals surface area contributed by atoms with Gasteiger partial charge in [0.1, 0.15) is 0 Å². The fourth-order valence-corrected chi connectivity index (χ4v) is 8.97. The lowest BCUT2D eigenvalue weighted by molar-refractivity contribution is -0.144. The SMILES string of the molecule is Cc1ccc([C@@H]2CN(C3CCCC3)C[C@@]2(F)C(=O)N2C[C@@H]3c4ccc(C(F)(F)F)cc4N4CCC(C(=O)O)CC4[C@H]3C2)cc1. The summed E-state index contributed by atoms with van der Waals surface area (Å²) in [6.45, 7) is 3.26. The van der Waals surface area contributed by atoms with E-state index in [1.807, 2.05) is 36.1 Å². The Morgan fingerprint density at radius 1 is 0.977 bits per heavy atom. The van der Waals surface area contributed by atoms with Crippen LogP contribution in [0.3, 0.4) is 0 Å². The first-order valence-electron chi connectivity index (χ1n) is 15.9. The third-order valence-corrected chi connectivity index (χ3v) is 11.3. The number of rotatable bonds is 4. The molecule has 0 radical (unpaired) electrons. The summed E-state index contributed by atoms with van der Waals surface area (Å²) in [5, 5.41) is 9.82. The molecule has 5 aliphatic rings. The van der Waals surface area contributed by atoms with E-state index in [9.17, 15) is 27.9 Å². The Kier molecular flexibility index (Phi) is 7.22. The van der Waals surface area contributed by atoms with Gasteiger partial charge in [-0.15, -0.1) is 0 Å². The Hall–Kier alpha value is -3.14. The van der Waals surface area contributed by atoms with Gasteiger partial charge in [0, 0.05) is 68.2 Å². The molecule has 44 heavy (non-hydrogen) atoms. The van der Waals surface area contributed by atoms with Crippen LogP contribution in [0.2, 0.25) is 0 Å². The number of carboxylic acids is 1. The zero-order chi connectivity index (χ0) is 31.0. The minimum absolute atomic E-state index is 0.0308. The van der Waals surface area contributed by atoms with Crippen molar-refractivity contribution in [1.29, 1.82) is 0 Å². The number of piperidine rings is 1. The highest BCUT2D eigenvalue weighted by Crippen LogP contribution is 2.52. The van der Waals surface area contributed by atoms with Crippen molar-refractivity contribution in [3.63, 3.8) is 0 Å². The molecule has 3 saturated heterocycles. The maximum atomic E-state index is 17.5. The fraction of sp³-hybridized carbons (Fsp3) is 0.588. The summed E-state index contributed by atoms with van der Waals surface area (Å²) in [5.41, 5.74) is 0.167. The van der Waals surface area contributed by atoms with Gasteiger partial charge in [0.2, 0.25) is 5.67 Å². The second-order valence-corrected chi connectivity index (χ2v) is 13.8. The highest BCUT2D eigenvalue weighted by molar-refractivity contribution is 5.88. The van der Waals surface area contributed by atoms with E-state index < -0.39 is 41.1 Å². The second kappa shape index (κ2) is 10.7. The number of aryl methyl sites for hydroxylation is 1. The van der Waals surface area contributed by atoms with E-state index in [0.717, 1.165) is 48.4 Å². The van der Waals surface area contributed by atoms with E-state index >= 15 is 4.39 Å². The van der Waals surface area contributed by atoms with Crippen molar-refractivity contribution >= 4 is 17.6 Å². The lowest BCUT2D eigenvalue weighted by atomic mass is 9.73. The molecule has 0 aromatic heterocycles. The molecule has 0 spiro atoms. The van der Waals surface area contributed by atoms with E-state index in [2.05, 4.69) is 4.90 Å². The van der Waals surface area contributed by atoms with Gasteiger partial charge < -0.3 is 14.9 Å². The summed E-state index contributed by atoms with van der Waals surface area (Å²) in [6, 6.07) is 11.4. The number of carbonyl (C=O) groups excluding carboxylic acids is 1. The molecule has 1 saturated carbocycles. The van der Waals surface area contributed by atoms with Gasteiger partial charge in [-0.25, -0.2) is 4.39 Å². The van der Waals surface area contributed by atoms with Gasteiger partial charge in [-0.05, 0) is 55.9 Å². The highest BCUT2D eigenvalue weighted by Gasteiger charge is 2.59. The molecule has 6 atom stereocenters. The molecule has 10 heteroatoms. The largest absolute Gasteiger partial charge is 0.481 e. The zero-order valence-electron chi connectivity index (χ0n) is 24.9. The van der Waals surface area contributed by atoms with Gasteiger partial charge >= 0.3 is 12.1 Å². The van der Waals surface area contributed by atoms with Crippen LogP contribution in [0.5, 0.6) is 0 Å². The summed E-state index contributed by atoms with van der Waals surface area (Å²) in [7, 11) is 0. The molecule has 2 aromatic rings.